The highest BCUT2D eigenvalue weighted by Crippen LogP contribution is 2.34. The van der Waals surface area contributed by atoms with Gasteiger partial charge in [-0.3, -0.25) is 4.79 Å². The Morgan fingerprint density at radius 2 is 1.90 bits per heavy atom. The second-order valence-electron chi connectivity index (χ2n) is 6.12. The van der Waals surface area contributed by atoms with Gasteiger partial charge in [-0.05, 0) is 56.6 Å². The molecule has 2 aliphatic carbocycles. The molecule has 2 fully saturated rings. The minimum absolute atomic E-state index is 0.116. The summed E-state index contributed by atoms with van der Waals surface area (Å²) in [5, 5.41) is 0. The number of carbonyl (C=O) groups is 1. The summed E-state index contributed by atoms with van der Waals surface area (Å²) in [7, 11) is 0. The molecule has 0 atom stereocenters. The molecule has 1 aromatic rings. The number of nitrogen functional groups attached to an aromatic ring is 1. The van der Waals surface area contributed by atoms with Crippen LogP contribution in [0.1, 0.15) is 41.7 Å². The van der Waals surface area contributed by atoms with E-state index in [4.69, 9.17) is 5.84 Å². The number of hydrazine groups is 1. The SMILES string of the molecule is Cc1cc(C(=O)N(CC2CC2)CC2CC2)cc(NN)n1. The van der Waals surface area contributed by atoms with Crippen LogP contribution in [0, 0.1) is 18.8 Å². The van der Waals surface area contributed by atoms with E-state index in [2.05, 4.69) is 10.4 Å². The smallest absolute Gasteiger partial charge is 0.254 e. The summed E-state index contributed by atoms with van der Waals surface area (Å²) < 4.78 is 0. The van der Waals surface area contributed by atoms with Crippen LogP contribution in [0.3, 0.4) is 0 Å². The van der Waals surface area contributed by atoms with E-state index < -0.39 is 0 Å². The van der Waals surface area contributed by atoms with Crippen LogP contribution in [0.5, 0.6) is 0 Å². The van der Waals surface area contributed by atoms with Crippen LogP contribution in [-0.4, -0.2) is 28.9 Å². The summed E-state index contributed by atoms with van der Waals surface area (Å²) in [5.41, 5.74) is 4.02. The fraction of sp³-hybridized carbons (Fsp3) is 0.600. The Balaban J connectivity index is 1.77. The molecule has 0 saturated heterocycles. The number of anilines is 1. The first-order chi connectivity index (χ1) is 9.65. The van der Waals surface area contributed by atoms with Gasteiger partial charge in [-0.2, -0.15) is 0 Å². The third-order valence-corrected chi connectivity index (χ3v) is 3.99. The minimum Gasteiger partial charge on any atom is -0.338 e. The van der Waals surface area contributed by atoms with E-state index in [1.165, 1.54) is 25.7 Å². The lowest BCUT2D eigenvalue weighted by molar-refractivity contribution is 0.0739. The Morgan fingerprint density at radius 3 is 2.40 bits per heavy atom. The van der Waals surface area contributed by atoms with Crippen molar-refractivity contribution in [2.24, 2.45) is 17.7 Å². The summed E-state index contributed by atoms with van der Waals surface area (Å²) in [6.45, 7) is 3.69. The normalized spacial score (nSPS) is 17.9. The zero-order valence-electron chi connectivity index (χ0n) is 11.9. The first-order valence-corrected chi connectivity index (χ1v) is 7.40. The van der Waals surface area contributed by atoms with E-state index in [0.29, 0.717) is 23.2 Å². The second kappa shape index (κ2) is 5.40. The lowest BCUT2D eigenvalue weighted by Crippen LogP contribution is -2.35. The fourth-order valence-corrected chi connectivity index (χ4v) is 2.51. The van der Waals surface area contributed by atoms with Crippen LogP contribution in [0.25, 0.3) is 0 Å². The summed E-state index contributed by atoms with van der Waals surface area (Å²) in [6.07, 6.45) is 5.05. The molecule has 1 amide bonds. The van der Waals surface area contributed by atoms with Gasteiger partial charge in [-0.15, -0.1) is 0 Å². The van der Waals surface area contributed by atoms with Gasteiger partial charge in [-0.25, -0.2) is 10.8 Å². The maximum absolute atomic E-state index is 12.7. The molecule has 2 aliphatic rings. The quantitative estimate of drug-likeness (QED) is 0.614. The molecule has 3 N–H and O–H groups in total. The lowest BCUT2D eigenvalue weighted by atomic mass is 10.1. The van der Waals surface area contributed by atoms with Crippen molar-refractivity contribution in [1.82, 2.24) is 9.88 Å². The summed E-state index contributed by atoms with van der Waals surface area (Å²) in [4.78, 5) is 19.0. The maximum atomic E-state index is 12.7. The monoisotopic (exact) mass is 274 g/mol. The third kappa shape index (κ3) is 3.28. The number of nitrogens with zero attached hydrogens (tertiary/aromatic N) is 2. The molecule has 5 heteroatoms. The van der Waals surface area contributed by atoms with Crippen molar-refractivity contribution in [3.63, 3.8) is 0 Å². The van der Waals surface area contributed by atoms with Gasteiger partial charge in [0.2, 0.25) is 0 Å². The number of amides is 1. The summed E-state index contributed by atoms with van der Waals surface area (Å²) in [6, 6.07) is 3.58. The maximum Gasteiger partial charge on any atom is 0.254 e. The molecular weight excluding hydrogens is 252 g/mol. The Kier molecular flexibility index (Phi) is 3.61. The Bertz CT molecular complexity index is 495. The van der Waals surface area contributed by atoms with Crippen LogP contribution in [0.4, 0.5) is 5.82 Å². The molecule has 0 bridgehead atoms. The number of pyridine rings is 1. The van der Waals surface area contributed by atoms with Gasteiger partial charge in [0.05, 0.1) is 0 Å². The van der Waals surface area contributed by atoms with Gasteiger partial charge in [0.15, 0.2) is 0 Å². The summed E-state index contributed by atoms with van der Waals surface area (Å²) >= 11 is 0. The van der Waals surface area contributed by atoms with Crippen molar-refractivity contribution in [1.29, 1.82) is 0 Å². The van der Waals surface area contributed by atoms with Gasteiger partial charge in [0.1, 0.15) is 5.82 Å². The van der Waals surface area contributed by atoms with Gasteiger partial charge in [-0.1, -0.05) is 0 Å². The predicted molar refractivity (Wildman–Crippen MR) is 78.1 cm³/mol. The van der Waals surface area contributed by atoms with Crippen molar-refractivity contribution < 1.29 is 4.79 Å². The largest absolute Gasteiger partial charge is 0.338 e. The highest BCUT2D eigenvalue weighted by atomic mass is 16.2. The van der Waals surface area contributed by atoms with Crippen LogP contribution < -0.4 is 11.3 Å². The van der Waals surface area contributed by atoms with E-state index in [0.717, 1.165) is 18.8 Å². The van der Waals surface area contributed by atoms with Crippen molar-refractivity contribution in [3.8, 4) is 0 Å². The number of rotatable bonds is 6. The van der Waals surface area contributed by atoms with E-state index >= 15 is 0 Å². The zero-order chi connectivity index (χ0) is 14.1. The molecule has 0 aromatic carbocycles. The van der Waals surface area contributed by atoms with Crippen molar-refractivity contribution >= 4 is 11.7 Å². The standard InChI is InChI=1S/C15H22N4O/c1-10-6-13(7-14(17-10)18-16)15(20)19(8-11-2-3-11)9-12-4-5-12/h6-7,11-12H,2-5,8-9,16H2,1H3,(H,17,18). The van der Waals surface area contributed by atoms with E-state index in [9.17, 15) is 4.79 Å². The van der Waals surface area contributed by atoms with Gasteiger partial charge in [0.25, 0.3) is 5.91 Å². The van der Waals surface area contributed by atoms with Gasteiger partial charge < -0.3 is 10.3 Å². The van der Waals surface area contributed by atoms with Crippen LogP contribution >= 0.6 is 0 Å². The van der Waals surface area contributed by atoms with Gasteiger partial charge >= 0.3 is 0 Å². The zero-order valence-corrected chi connectivity index (χ0v) is 11.9. The number of hydrogen-bond donors (Lipinski definition) is 2. The van der Waals surface area contributed by atoms with Crippen LogP contribution in [0.2, 0.25) is 0 Å². The molecule has 0 radical (unpaired) electrons. The minimum atomic E-state index is 0.116. The number of carbonyl (C=O) groups excluding carboxylic acids is 1. The van der Waals surface area contributed by atoms with Crippen LogP contribution in [-0.2, 0) is 0 Å². The Hall–Kier alpha value is -1.62. The molecule has 108 valence electrons. The number of nitrogens with two attached hydrogens (primary N) is 1. The topological polar surface area (TPSA) is 71.2 Å². The molecular formula is C15H22N4O. The van der Waals surface area contributed by atoms with Crippen LogP contribution in [0.15, 0.2) is 12.1 Å². The molecule has 3 rings (SSSR count). The molecule has 0 aliphatic heterocycles. The van der Waals surface area contributed by atoms with E-state index in [1.807, 2.05) is 17.9 Å². The fourth-order valence-electron chi connectivity index (χ4n) is 2.51. The van der Waals surface area contributed by atoms with Crippen molar-refractivity contribution in [2.75, 3.05) is 18.5 Å². The molecule has 1 heterocycles. The number of nitrogens with one attached hydrogen (secondary N) is 1. The summed E-state index contributed by atoms with van der Waals surface area (Å²) in [5.74, 6) is 7.50. The average Bonchev–Trinajstić information content (AvgIpc) is 3.31. The number of aryl methyl sites for hydroxylation is 1. The lowest BCUT2D eigenvalue weighted by Gasteiger charge is -2.23. The highest BCUT2D eigenvalue weighted by Gasteiger charge is 2.32. The van der Waals surface area contributed by atoms with Crippen molar-refractivity contribution in [3.05, 3.63) is 23.4 Å². The van der Waals surface area contributed by atoms with E-state index in [-0.39, 0.29) is 5.91 Å². The average molecular weight is 274 g/mol. The molecule has 2 saturated carbocycles. The number of hydrogen-bond acceptors (Lipinski definition) is 4. The molecule has 20 heavy (non-hydrogen) atoms. The van der Waals surface area contributed by atoms with E-state index in [1.54, 1.807) is 6.07 Å². The Labute approximate surface area is 119 Å². The second-order valence-corrected chi connectivity index (χ2v) is 6.12. The number of aromatic nitrogens is 1. The Morgan fingerprint density at radius 1 is 1.30 bits per heavy atom. The predicted octanol–water partition coefficient (Wildman–Crippen LogP) is 1.94. The third-order valence-electron chi connectivity index (χ3n) is 3.99. The first kappa shape index (κ1) is 13.4. The molecule has 5 nitrogen and oxygen atoms in total. The van der Waals surface area contributed by atoms with Gasteiger partial charge in [0, 0.05) is 24.3 Å². The molecule has 0 spiro atoms. The van der Waals surface area contributed by atoms with Crippen molar-refractivity contribution in [2.45, 2.75) is 32.6 Å². The molecule has 0 unspecified atom stereocenters. The highest BCUT2D eigenvalue weighted by molar-refractivity contribution is 5.95. The first-order valence-electron chi connectivity index (χ1n) is 7.40. The molecule has 1 aromatic heterocycles.